The first kappa shape index (κ1) is 16.9. The largest absolute Gasteiger partial charge is 0.478 e. The van der Waals surface area contributed by atoms with Gasteiger partial charge in [0, 0.05) is 10.9 Å². The molecule has 1 heterocycles. The molecule has 5 nitrogen and oxygen atoms in total. The smallest absolute Gasteiger partial charge is 0.335 e. The Morgan fingerprint density at radius 3 is 2.60 bits per heavy atom. The first-order valence-corrected chi connectivity index (χ1v) is 8.56. The summed E-state index contributed by atoms with van der Waals surface area (Å²) in [5, 5.41) is 15.7. The zero-order valence-corrected chi connectivity index (χ0v) is 14.7. The van der Waals surface area contributed by atoms with Crippen molar-refractivity contribution in [3.05, 3.63) is 70.1 Å². The van der Waals surface area contributed by atoms with E-state index in [-0.39, 0.29) is 5.56 Å². The Bertz CT molecular complexity index is 930. The lowest BCUT2D eigenvalue weighted by Gasteiger charge is -2.02. The maximum absolute atomic E-state index is 10.8. The molecule has 2 N–H and O–H groups in total. The van der Waals surface area contributed by atoms with E-state index in [1.54, 1.807) is 30.5 Å². The summed E-state index contributed by atoms with van der Waals surface area (Å²) in [7, 11) is 0. The van der Waals surface area contributed by atoms with Gasteiger partial charge in [-0.2, -0.15) is 5.10 Å². The van der Waals surface area contributed by atoms with Crippen molar-refractivity contribution in [3.8, 4) is 11.3 Å². The summed E-state index contributed by atoms with van der Waals surface area (Å²) < 4.78 is 0. The van der Waals surface area contributed by atoms with Crippen LogP contribution in [0, 0.1) is 13.8 Å². The van der Waals surface area contributed by atoms with Crippen LogP contribution in [-0.2, 0) is 0 Å². The zero-order valence-electron chi connectivity index (χ0n) is 13.9. The van der Waals surface area contributed by atoms with Crippen molar-refractivity contribution in [3.63, 3.8) is 0 Å². The second-order valence-electron chi connectivity index (χ2n) is 5.63. The van der Waals surface area contributed by atoms with Crippen LogP contribution in [-0.4, -0.2) is 22.3 Å². The third-order valence-corrected chi connectivity index (χ3v) is 4.59. The predicted molar refractivity (Wildman–Crippen MR) is 102 cm³/mol. The van der Waals surface area contributed by atoms with E-state index in [1.807, 2.05) is 5.38 Å². The lowest BCUT2D eigenvalue weighted by atomic mass is 10.1. The summed E-state index contributed by atoms with van der Waals surface area (Å²) in [5.41, 5.74) is 8.47. The second kappa shape index (κ2) is 7.27. The quantitative estimate of drug-likeness (QED) is 0.521. The number of aromatic carboxylic acids is 1. The van der Waals surface area contributed by atoms with Gasteiger partial charge in [0.15, 0.2) is 0 Å². The molecule has 0 aliphatic heterocycles. The summed E-state index contributed by atoms with van der Waals surface area (Å²) in [6.45, 7) is 4.18. The molecule has 0 spiro atoms. The molecule has 0 aliphatic rings. The molecule has 126 valence electrons. The molecule has 0 bridgehead atoms. The van der Waals surface area contributed by atoms with Gasteiger partial charge in [0.2, 0.25) is 5.13 Å². The third-order valence-electron chi connectivity index (χ3n) is 3.84. The van der Waals surface area contributed by atoms with Crippen molar-refractivity contribution >= 4 is 28.7 Å². The number of hydrogen-bond donors (Lipinski definition) is 2. The lowest BCUT2D eigenvalue weighted by molar-refractivity contribution is 0.0697. The van der Waals surface area contributed by atoms with E-state index >= 15 is 0 Å². The van der Waals surface area contributed by atoms with Crippen LogP contribution in [0.1, 0.15) is 27.0 Å². The van der Waals surface area contributed by atoms with Crippen molar-refractivity contribution in [2.75, 3.05) is 5.43 Å². The summed E-state index contributed by atoms with van der Waals surface area (Å²) in [6, 6.07) is 12.8. The van der Waals surface area contributed by atoms with E-state index < -0.39 is 5.97 Å². The molecule has 0 amide bonds. The molecule has 0 atom stereocenters. The van der Waals surface area contributed by atoms with Crippen LogP contribution in [0.2, 0.25) is 0 Å². The first-order chi connectivity index (χ1) is 12.0. The van der Waals surface area contributed by atoms with Gasteiger partial charge in [-0.25, -0.2) is 9.78 Å². The minimum atomic E-state index is -0.941. The van der Waals surface area contributed by atoms with Crippen LogP contribution >= 0.6 is 11.3 Å². The van der Waals surface area contributed by atoms with Gasteiger partial charge >= 0.3 is 5.97 Å². The Labute approximate surface area is 149 Å². The molecule has 25 heavy (non-hydrogen) atoms. The van der Waals surface area contributed by atoms with Crippen molar-refractivity contribution in [1.82, 2.24) is 4.98 Å². The fourth-order valence-corrected chi connectivity index (χ4v) is 2.90. The molecule has 0 saturated heterocycles. The number of anilines is 1. The van der Waals surface area contributed by atoms with Gasteiger partial charge in [0.1, 0.15) is 0 Å². The van der Waals surface area contributed by atoms with Crippen LogP contribution in [0.5, 0.6) is 0 Å². The lowest BCUT2D eigenvalue weighted by Crippen LogP contribution is -1.96. The number of nitrogens with zero attached hydrogens (tertiary/aromatic N) is 2. The van der Waals surface area contributed by atoms with Crippen LogP contribution in [0.25, 0.3) is 11.3 Å². The number of aryl methyl sites for hydroxylation is 2. The molecule has 2 aromatic carbocycles. The SMILES string of the molecule is Cc1ccc(-c2csc(N/N=C\c3ccc(C(=O)O)cc3)n2)cc1C. The monoisotopic (exact) mass is 351 g/mol. The first-order valence-electron chi connectivity index (χ1n) is 7.68. The maximum Gasteiger partial charge on any atom is 0.335 e. The van der Waals surface area contributed by atoms with Gasteiger partial charge in [-0.3, -0.25) is 5.43 Å². The number of hydrogen-bond acceptors (Lipinski definition) is 5. The Morgan fingerprint density at radius 1 is 1.16 bits per heavy atom. The van der Waals surface area contributed by atoms with Crippen molar-refractivity contribution in [2.45, 2.75) is 13.8 Å². The highest BCUT2D eigenvalue weighted by molar-refractivity contribution is 7.14. The van der Waals surface area contributed by atoms with E-state index in [2.05, 4.69) is 47.6 Å². The molecular formula is C19H17N3O2S. The van der Waals surface area contributed by atoms with E-state index in [0.29, 0.717) is 5.13 Å². The Kier molecular flexibility index (Phi) is 4.90. The summed E-state index contributed by atoms with van der Waals surface area (Å²) >= 11 is 1.48. The number of hydrazone groups is 1. The van der Waals surface area contributed by atoms with E-state index in [9.17, 15) is 4.79 Å². The summed E-state index contributed by atoms with van der Waals surface area (Å²) in [4.78, 5) is 15.4. The summed E-state index contributed by atoms with van der Waals surface area (Å²) in [5.74, 6) is -0.941. The van der Waals surface area contributed by atoms with E-state index in [1.165, 1.54) is 22.5 Å². The van der Waals surface area contributed by atoms with E-state index in [4.69, 9.17) is 5.11 Å². The molecule has 0 fully saturated rings. The maximum atomic E-state index is 10.8. The highest BCUT2D eigenvalue weighted by Gasteiger charge is 2.05. The van der Waals surface area contributed by atoms with Gasteiger partial charge in [-0.15, -0.1) is 11.3 Å². The minimum Gasteiger partial charge on any atom is -0.478 e. The number of carbonyl (C=O) groups is 1. The number of carboxylic acids is 1. The standard InChI is InChI=1S/C19H17N3O2S/c1-12-3-6-16(9-13(12)2)17-11-25-19(21-17)22-20-10-14-4-7-15(8-5-14)18(23)24/h3-11H,1-2H3,(H,21,22)(H,23,24)/b20-10-. The number of benzene rings is 2. The van der Waals surface area contributed by atoms with Gasteiger partial charge in [0.25, 0.3) is 0 Å². The van der Waals surface area contributed by atoms with Gasteiger partial charge in [0.05, 0.1) is 17.5 Å². The number of carboxylic acid groups (broad SMARTS) is 1. The molecule has 0 radical (unpaired) electrons. The average Bonchev–Trinajstić information content (AvgIpc) is 3.07. The van der Waals surface area contributed by atoms with Crippen LogP contribution in [0.4, 0.5) is 5.13 Å². The number of nitrogens with one attached hydrogen (secondary N) is 1. The Hall–Kier alpha value is -2.99. The predicted octanol–water partition coefficient (Wildman–Crippen LogP) is 4.57. The highest BCUT2D eigenvalue weighted by atomic mass is 32.1. The highest BCUT2D eigenvalue weighted by Crippen LogP contribution is 2.26. The number of rotatable bonds is 5. The molecule has 3 rings (SSSR count). The van der Waals surface area contributed by atoms with Gasteiger partial charge in [-0.1, -0.05) is 24.3 Å². The number of aromatic nitrogens is 1. The third kappa shape index (κ3) is 4.10. The molecule has 1 aromatic heterocycles. The topological polar surface area (TPSA) is 74.6 Å². The molecule has 0 unspecified atom stereocenters. The molecule has 0 saturated carbocycles. The fourth-order valence-electron chi connectivity index (χ4n) is 2.23. The average molecular weight is 351 g/mol. The Balaban J connectivity index is 1.67. The fraction of sp³-hybridized carbons (Fsp3) is 0.105. The van der Waals surface area contributed by atoms with Crippen LogP contribution in [0.15, 0.2) is 52.9 Å². The second-order valence-corrected chi connectivity index (χ2v) is 6.49. The van der Waals surface area contributed by atoms with Crippen molar-refractivity contribution in [1.29, 1.82) is 0 Å². The normalized spacial score (nSPS) is 11.0. The van der Waals surface area contributed by atoms with Crippen LogP contribution < -0.4 is 5.43 Å². The van der Waals surface area contributed by atoms with Gasteiger partial charge < -0.3 is 5.11 Å². The molecule has 6 heteroatoms. The zero-order chi connectivity index (χ0) is 17.8. The van der Waals surface area contributed by atoms with Crippen molar-refractivity contribution < 1.29 is 9.90 Å². The molecule has 0 aliphatic carbocycles. The Morgan fingerprint density at radius 2 is 1.92 bits per heavy atom. The van der Waals surface area contributed by atoms with Gasteiger partial charge in [-0.05, 0) is 48.7 Å². The molecule has 3 aromatic rings. The molecular weight excluding hydrogens is 334 g/mol. The minimum absolute atomic E-state index is 0.253. The number of thiazole rings is 1. The van der Waals surface area contributed by atoms with E-state index in [0.717, 1.165) is 16.8 Å². The van der Waals surface area contributed by atoms with Crippen molar-refractivity contribution in [2.24, 2.45) is 5.10 Å². The summed E-state index contributed by atoms with van der Waals surface area (Å²) in [6.07, 6.45) is 1.63. The van der Waals surface area contributed by atoms with Crippen LogP contribution in [0.3, 0.4) is 0 Å².